The van der Waals surface area contributed by atoms with Crippen LogP contribution in [0.3, 0.4) is 0 Å². The molecule has 22 heavy (non-hydrogen) atoms. The zero-order valence-electron chi connectivity index (χ0n) is 11.6. The summed E-state index contributed by atoms with van der Waals surface area (Å²) in [5.74, 6) is 0. The first-order valence-corrected chi connectivity index (χ1v) is 7.97. The van der Waals surface area contributed by atoms with Crippen LogP contribution in [0.4, 0.5) is 0 Å². The fourth-order valence-corrected chi connectivity index (χ4v) is 2.93. The molecule has 0 unspecified atom stereocenters. The minimum Gasteiger partial charge on any atom is -0.412 e. The molecule has 0 spiro atoms. The number of aromatic nitrogens is 1. The molecule has 1 aromatic carbocycles. The van der Waals surface area contributed by atoms with Crippen LogP contribution in [0, 0.1) is 17.2 Å². The molecule has 3 aromatic rings. The van der Waals surface area contributed by atoms with E-state index in [9.17, 15) is 0 Å². The van der Waals surface area contributed by atoms with Crippen molar-refractivity contribution < 1.29 is 38.8 Å². The Hall–Kier alpha value is -1.58. The maximum Gasteiger partial charge on any atom is 0.270 e. The fourth-order valence-electron chi connectivity index (χ4n) is 1.85. The second-order valence-corrected chi connectivity index (χ2v) is 6.03. The van der Waals surface area contributed by atoms with Crippen LogP contribution in [-0.2, 0) is 0 Å². The van der Waals surface area contributed by atoms with Gasteiger partial charge in [0.15, 0.2) is 12.4 Å². The van der Waals surface area contributed by atoms with Crippen LogP contribution in [0.1, 0.15) is 5.56 Å². The predicted molar refractivity (Wildman–Crippen MR) is 71.3 cm³/mol. The third kappa shape index (κ3) is 5.32. The van der Waals surface area contributed by atoms with Crippen molar-refractivity contribution in [2.45, 2.75) is 6.92 Å². The molecule has 2 heterocycles. The van der Waals surface area contributed by atoms with E-state index in [1.165, 1.54) is 20.8 Å². The molecule has 6 nitrogen and oxygen atoms in total. The van der Waals surface area contributed by atoms with Gasteiger partial charge in [0.25, 0.3) is 4.83 Å². The van der Waals surface area contributed by atoms with Gasteiger partial charge in [0.05, 0.1) is 0 Å². The molecule has 2 aromatic heterocycles. The van der Waals surface area contributed by atoms with E-state index in [0.29, 0.717) is 0 Å². The van der Waals surface area contributed by atoms with Crippen LogP contribution in [0.15, 0.2) is 54.9 Å². The number of halogens is 1. The molecule has 118 valence electrons. The molecule has 0 bridgehead atoms. The molecule has 0 radical (unpaired) electrons. The zero-order valence-corrected chi connectivity index (χ0v) is 13.1. The normalized spacial score (nSPS) is 10.6. The summed E-state index contributed by atoms with van der Waals surface area (Å²) in [7, 11) is -4.94. The standard InChI is InChI=1S/C14H12NS.ClHO4.H2O/c1-11-6-5-9-15-10-13(16-14(11)15)12-7-3-2-4-8-12;2-1(3,4)5;/h2-10H,1H3;(H,2,3,4,5);1H2/q+1;;/p-1. The van der Waals surface area contributed by atoms with Crippen molar-refractivity contribution in [1.29, 1.82) is 0 Å². The Labute approximate surface area is 133 Å². The summed E-state index contributed by atoms with van der Waals surface area (Å²) in [5, 5.41) is 0. The lowest BCUT2D eigenvalue weighted by Gasteiger charge is -2.17. The number of hydrogen-bond donors (Lipinski definition) is 0. The highest BCUT2D eigenvalue weighted by molar-refractivity contribution is 7.20. The number of pyridine rings is 1. The largest absolute Gasteiger partial charge is 0.412 e. The van der Waals surface area contributed by atoms with Crippen LogP contribution in [0.25, 0.3) is 15.3 Å². The average Bonchev–Trinajstić information content (AvgIpc) is 2.83. The number of fused-ring (bicyclic) bond motifs is 1. The van der Waals surface area contributed by atoms with E-state index in [1.807, 2.05) is 11.3 Å². The zero-order chi connectivity index (χ0) is 15.5. The van der Waals surface area contributed by atoms with Gasteiger partial charge < -0.3 is 5.48 Å². The summed E-state index contributed by atoms with van der Waals surface area (Å²) in [6.07, 6.45) is 4.30. The number of rotatable bonds is 1. The maximum absolute atomic E-state index is 8.49. The van der Waals surface area contributed by atoms with Crippen LogP contribution < -0.4 is 23.0 Å². The molecule has 0 aliphatic heterocycles. The van der Waals surface area contributed by atoms with Crippen LogP contribution in [-0.4, -0.2) is 5.48 Å². The first-order valence-electron chi connectivity index (χ1n) is 5.92. The molecule has 0 saturated heterocycles. The Bertz CT molecular complexity index is 721. The van der Waals surface area contributed by atoms with Crippen LogP contribution >= 0.6 is 11.3 Å². The van der Waals surface area contributed by atoms with E-state index < -0.39 is 10.2 Å². The van der Waals surface area contributed by atoms with Gasteiger partial charge in [0.1, 0.15) is 4.88 Å². The molecule has 0 amide bonds. The summed E-state index contributed by atoms with van der Waals surface area (Å²) in [4.78, 5) is 2.64. The van der Waals surface area contributed by atoms with Gasteiger partial charge in [-0.2, -0.15) is 4.40 Å². The van der Waals surface area contributed by atoms with E-state index >= 15 is 0 Å². The highest BCUT2D eigenvalue weighted by atomic mass is 35.7. The average molecular weight is 344 g/mol. The fraction of sp³-hybridized carbons (Fsp3) is 0.0714. The Morgan fingerprint density at radius 1 is 0.955 bits per heavy atom. The quantitative estimate of drug-likeness (QED) is 0.468. The Balaban J connectivity index is 0.000000356. The predicted octanol–water partition coefficient (Wildman–Crippen LogP) is -2.12. The summed E-state index contributed by atoms with van der Waals surface area (Å²) in [6, 6.07) is 14.8. The van der Waals surface area contributed by atoms with E-state index in [4.69, 9.17) is 18.6 Å². The molecule has 0 aliphatic carbocycles. The molecule has 0 atom stereocenters. The van der Waals surface area contributed by atoms with E-state index in [-0.39, 0.29) is 5.48 Å². The smallest absolute Gasteiger partial charge is 0.270 e. The molecule has 8 heteroatoms. The molecule has 2 N–H and O–H groups in total. The first kappa shape index (κ1) is 18.5. The minimum atomic E-state index is -4.94. The van der Waals surface area contributed by atoms with Crippen molar-refractivity contribution in [3.8, 4) is 10.4 Å². The molecule has 0 aliphatic rings. The van der Waals surface area contributed by atoms with Crippen molar-refractivity contribution in [2.75, 3.05) is 0 Å². The van der Waals surface area contributed by atoms with E-state index in [2.05, 4.69) is 66.2 Å². The number of nitrogens with zero attached hydrogens (tertiary/aromatic N) is 1. The van der Waals surface area contributed by atoms with Crippen molar-refractivity contribution in [3.05, 3.63) is 60.4 Å². The van der Waals surface area contributed by atoms with Crippen molar-refractivity contribution >= 4 is 16.2 Å². The monoisotopic (exact) mass is 343 g/mol. The van der Waals surface area contributed by atoms with Crippen molar-refractivity contribution in [1.82, 2.24) is 0 Å². The molecular formula is C14H14ClNO5S. The number of benzene rings is 1. The van der Waals surface area contributed by atoms with Gasteiger partial charge in [-0.25, -0.2) is 18.6 Å². The highest BCUT2D eigenvalue weighted by Gasteiger charge is 2.12. The van der Waals surface area contributed by atoms with Gasteiger partial charge in [-0.05, 0) is 18.6 Å². The molecule has 0 saturated carbocycles. The van der Waals surface area contributed by atoms with Crippen molar-refractivity contribution in [2.24, 2.45) is 0 Å². The lowest BCUT2D eigenvalue weighted by atomic mass is 10.2. The highest BCUT2D eigenvalue weighted by Crippen LogP contribution is 2.26. The van der Waals surface area contributed by atoms with Gasteiger partial charge in [0.2, 0.25) is 0 Å². The molecular weight excluding hydrogens is 330 g/mol. The maximum atomic E-state index is 8.49. The molecule has 0 fully saturated rings. The topological polar surface area (TPSA) is 128 Å². The summed E-state index contributed by atoms with van der Waals surface area (Å²) >= 11 is 1.84. The Morgan fingerprint density at radius 2 is 1.55 bits per heavy atom. The Kier molecular flexibility index (Phi) is 6.39. The second kappa shape index (κ2) is 7.61. The summed E-state index contributed by atoms with van der Waals surface area (Å²) < 4.78 is 36.2. The SMILES string of the molecule is Cc1ccc[n+]2cc(-c3ccccc3)sc12.O.[O-][Cl+3]([O-])([O-])[O-]. The minimum absolute atomic E-state index is 0. The molecule has 3 rings (SSSR count). The number of aryl methyl sites for hydroxylation is 1. The Morgan fingerprint density at radius 3 is 2.09 bits per heavy atom. The third-order valence-corrected chi connectivity index (χ3v) is 3.97. The van der Waals surface area contributed by atoms with Crippen LogP contribution in [0.2, 0.25) is 0 Å². The lowest BCUT2D eigenvalue weighted by molar-refractivity contribution is -2.00. The summed E-state index contributed by atoms with van der Waals surface area (Å²) in [6.45, 7) is 2.15. The first-order chi connectivity index (χ1) is 9.84. The van der Waals surface area contributed by atoms with Gasteiger partial charge in [-0.15, -0.1) is 10.2 Å². The second-order valence-electron chi connectivity index (χ2n) is 4.24. The third-order valence-electron chi connectivity index (χ3n) is 2.69. The van der Waals surface area contributed by atoms with Gasteiger partial charge in [0, 0.05) is 11.6 Å². The van der Waals surface area contributed by atoms with E-state index in [0.717, 1.165) is 0 Å². The van der Waals surface area contributed by atoms with Gasteiger partial charge in [-0.1, -0.05) is 41.7 Å². The van der Waals surface area contributed by atoms with Crippen molar-refractivity contribution in [3.63, 3.8) is 0 Å². The number of thiazole rings is 1. The van der Waals surface area contributed by atoms with Crippen LogP contribution in [0.5, 0.6) is 0 Å². The summed E-state index contributed by atoms with van der Waals surface area (Å²) in [5.41, 5.74) is 2.62. The number of hydrogen-bond acceptors (Lipinski definition) is 5. The van der Waals surface area contributed by atoms with E-state index in [1.54, 1.807) is 0 Å². The van der Waals surface area contributed by atoms with Gasteiger partial charge >= 0.3 is 0 Å². The van der Waals surface area contributed by atoms with Gasteiger partial charge in [-0.3, -0.25) is 0 Å². The lowest BCUT2D eigenvalue weighted by Crippen LogP contribution is -2.68.